The topological polar surface area (TPSA) is 34.1 Å². The molecule has 20 heavy (non-hydrogen) atoms. The second-order valence-corrected chi connectivity index (χ2v) is 5.87. The number of rotatable bonds is 5. The van der Waals surface area contributed by atoms with E-state index >= 15 is 0 Å². The van der Waals surface area contributed by atoms with Crippen LogP contribution in [0, 0.1) is 12.7 Å². The van der Waals surface area contributed by atoms with Crippen LogP contribution in [0.5, 0.6) is 5.75 Å². The zero-order chi connectivity index (χ0) is 14.7. The van der Waals surface area contributed by atoms with Crippen molar-refractivity contribution in [1.82, 2.24) is 10.3 Å². The Kier molecular flexibility index (Phi) is 4.73. The molecule has 1 heterocycles. The number of nitrogens with zero attached hydrogens (tertiary/aromatic N) is 1. The summed E-state index contributed by atoms with van der Waals surface area (Å²) in [4.78, 5) is 4.52. The molecule has 3 nitrogen and oxygen atoms in total. The van der Waals surface area contributed by atoms with Crippen molar-refractivity contribution in [1.29, 1.82) is 0 Å². The number of nitrogens with one attached hydrogen (secondary N) is 1. The minimum absolute atomic E-state index is 0.103. The zero-order valence-electron chi connectivity index (χ0n) is 12.1. The molecule has 108 valence electrons. The molecule has 0 aliphatic heterocycles. The van der Waals surface area contributed by atoms with E-state index in [1.54, 1.807) is 17.4 Å². The first-order valence-corrected chi connectivity index (χ1v) is 7.40. The number of thiazole rings is 1. The molecule has 5 heteroatoms. The molecule has 0 aliphatic rings. The van der Waals surface area contributed by atoms with Gasteiger partial charge in [0.1, 0.15) is 5.01 Å². The third kappa shape index (κ3) is 3.35. The number of aromatic nitrogens is 1. The van der Waals surface area contributed by atoms with Crippen LogP contribution >= 0.6 is 11.3 Å². The molecular formula is C15H19FN2OS. The van der Waals surface area contributed by atoms with Crippen molar-refractivity contribution in [2.75, 3.05) is 7.11 Å². The molecule has 2 aromatic rings. The summed E-state index contributed by atoms with van der Waals surface area (Å²) in [7, 11) is 1.46. The highest BCUT2D eigenvalue weighted by molar-refractivity contribution is 7.09. The van der Waals surface area contributed by atoms with E-state index in [9.17, 15) is 4.39 Å². The normalized spacial score (nSPS) is 12.7. The van der Waals surface area contributed by atoms with Crippen molar-refractivity contribution in [3.05, 3.63) is 45.7 Å². The van der Waals surface area contributed by atoms with Gasteiger partial charge in [0.15, 0.2) is 11.6 Å². The summed E-state index contributed by atoms with van der Waals surface area (Å²) in [5.74, 6) is -0.0961. The Bertz CT molecular complexity index is 583. The first-order chi connectivity index (χ1) is 9.51. The van der Waals surface area contributed by atoms with Gasteiger partial charge in [-0.3, -0.25) is 0 Å². The predicted octanol–water partition coefficient (Wildman–Crippen LogP) is 3.69. The predicted molar refractivity (Wildman–Crippen MR) is 79.9 cm³/mol. The smallest absolute Gasteiger partial charge is 0.165 e. The Balaban J connectivity index is 2.38. The average Bonchev–Trinajstić information content (AvgIpc) is 2.82. The highest BCUT2D eigenvalue weighted by Gasteiger charge is 2.19. The van der Waals surface area contributed by atoms with Crippen molar-refractivity contribution in [2.45, 2.75) is 32.9 Å². The molecule has 0 fully saturated rings. The van der Waals surface area contributed by atoms with E-state index in [1.165, 1.54) is 13.2 Å². The number of halogens is 1. The summed E-state index contributed by atoms with van der Waals surface area (Å²) in [6, 6.07) is 5.21. The van der Waals surface area contributed by atoms with Gasteiger partial charge >= 0.3 is 0 Å². The maximum Gasteiger partial charge on any atom is 0.165 e. The fourth-order valence-corrected chi connectivity index (χ4v) is 2.89. The molecule has 1 aromatic heterocycles. The van der Waals surface area contributed by atoms with Crippen LogP contribution in [0.15, 0.2) is 23.6 Å². The van der Waals surface area contributed by atoms with E-state index in [1.807, 2.05) is 18.4 Å². The van der Waals surface area contributed by atoms with Crippen molar-refractivity contribution in [3.63, 3.8) is 0 Å². The first-order valence-electron chi connectivity index (χ1n) is 6.52. The molecule has 0 saturated carbocycles. The molecule has 1 N–H and O–H groups in total. The van der Waals surface area contributed by atoms with Crippen molar-refractivity contribution in [3.8, 4) is 5.75 Å². The van der Waals surface area contributed by atoms with Gasteiger partial charge in [0.2, 0.25) is 0 Å². The van der Waals surface area contributed by atoms with Crippen molar-refractivity contribution in [2.24, 2.45) is 0 Å². The number of benzene rings is 1. The van der Waals surface area contributed by atoms with Gasteiger partial charge in [-0.25, -0.2) is 9.37 Å². The maximum absolute atomic E-state index is 13.9. The Morgan fingerprint density at radius 1 is 1.35 bits per heavy atom. The van der Waals surface area contributed by atoms with Gasteiger partial charge in [-0.05, 0) is 38.5 Å². The Labute approximate surface area is 122 Å². The van der Waals surface area contributed by atoms with Gasteiger partial charge in [0, 0.05) is 17.1 Å². The molecule has 1 unspecified atom stereocenters. The van der Waals surface area contributed by atoms with Gasteiger partial charge in [0.05, 0.1) is 13.2 Å². The molecule has 1 aromatic carbocycles. The number of ether oxygens (including phenoxy) is 1. The standard InChI is InChI=1S/C15H19FN2OS/c1-9(2)17-14(15-18-10(3)8-20-15)11-5-6-13(19-4)12(16)7-11/h5-9,14,17H,1-4H3. The quantitative estimate of drug-likeness (QED) is 0.913. The van der Waals surface area contributed by atoms with Crippen LogP contribution in [-0.2, 0) is 0 Å². The monoisotopic (exact) mass is 294 g/mol. The Morgan fingerprint density at radius 3 is 2.60 bits per heavy atom. The van der Waals surface area contributed by atoms with Gasteiger partial charge < -0.3 is 10.1 Å². The van der Waals surface area contributed by atoms with Crippen molar-refractivity contribution < 1.29 is 9.13 Å². The van der Waals surface area contributed by atoms with E-state index in [-0.39, 0.29) is 23.7 Å². The number of hydrogen-bond donors (Lipinski definition) is 1. The van der Waals surface area contributed by atoms with Gasteiger partial charge in [-0.1, -0.05) is 6.07 Å². The molecule has 0 bridgehead atoms. The van der Waals surface area contributed by atoms with E-state index in [0.29, 0.717) is 0 Å². The molecule has 0 spiro atoms. The summed E-state index contributed by atoms with van der Waals surface area (Å²) < 4.78 is 18.9. The number of aryl methyl sites for hydroxylation is 1. The lowest BCUT2D eigenvalue weighted by atomic mass is 10.1. The van der Waals surface area contributed by atoms with Crippen LogP contribution in [-0.4, -0.2) is 18.1 Å². The minimum Gasteiger partial charge on any atom is -0.494 e. The number of methoxy groups -OCH3 is 1. The van der Waals surface area contributed by atoms with E-state index in [0.717, 1.165) is 16.3 Å². The second-order valence-electron chi connectivity index (χ2n) is 4.98. The lowest BCUT2D eigenvalue weighted by Gasteiger charge is -2.20. The molecular weight excluding hydrogens is 275 g/mol. The molecule has 2 rings (SSSR count). The summed E-state index contributed by atoms with van der Waals surface area (Å²) in [5.41, 5.74) is 1.83. The van der Waals surface area contributed by atoms with E-state index < -0.39 is 0 Å². The van der Waals surface area contributed by atoms with Crippen LogP contribution in [0.1, 0.15) is 36.2 Å². The van der Waals surface area contributed by atoms with E-state index in [4.69, 9.17) is 4.74 Å². The van der Waals surface area contributed by atoms with Crippen LogP contribution in [0.2, 0.25) is 0 Å². The minimum atomic E-state index is -0.353. The molecule has 0 radical (unpaired) electrons. The SMILES string of the molecule is COc1ccc(C(NC(C)C)c2nc(C)cs2)cc1F. The van der Waals surface area contributed by atoms with Crippen molar-refractivity contribution >= 4 is 11.3 Å². The lowest BCUT2D eigenvalue weighted by molar-refractivity contribution is 0.385. The molecule has 0 aliphatic carbocycles. The fraction of sp³-hybridized carbons (Fsp3) is 0.400. The molecule has 0 saturated heterocycles. The second kappa shape index (κ2) is 6.33. The third-order valence-electron chi connectivity index (χ3n) is 2.89. The summed E-state index contributed by atoms with van der Waals surface area (Å²) in [6.07, 6.45) is 0. The van der Waals surface area contributed by atoms with Gasteiger partial charge in [0.25, 0.3) is 0 Å². The average molecular weight is 294 g/mol. The van der Waals surface area contributed by atoms with Gasteiger partial charge in [-0.15, -0.1) is 11.3 Å². The van der Waals surface area contributed by atoms with E-state index in [2.05, 4.69) is 24.1 Å². The maximum atomic E-state index is 13.9. The summed E-state index contributed by atoms with van der Waals surface area (Å²) in [5, 5.41) is 6.38. The molecule has 0 amide bonds. The highest BCUT2D eigenvalue weighted by Crippen LogP contribution is 2.28. The zero-order valence-corrected chi connectivity index (χ0v) is 12.9. The molecule has 1 atom stereocenters. The van der Waals surface area contributed by atoms with Crippen LogP contribution < -0.4 is 10.1 Å². The van der Waals surface area contributed by atoms with Crippen LogP contribution in [0.4, 0.5) is 4.39 Å². The van der Waals surface area contributed by atoms with Gasteiger partial charge in [-0.2, -0.15) is 0 Å². The summed E-state index contributed by atoms with van der Waals surface area (Å²) >= 11 is 1.58. The Morgan fingerprint density at radius 2 is 2.10 bits per heavy atom. The first kappa shape index (κ1) is 14.9. The lowest BCUT2D eigenvalue weighted by Crippen LogP contribution is -2.29. The van der Waals surface area contributed by atoms with Crippen LogP contribution in [0.3, 0.4) is 0 Å². The highest BCUT2D eigenvalue weighted by atomic mass is 32.1. The summed E-state index contributed by atoms with van der Waals surface area (Å²) in [6.45, 7) is 6.09. The van der Waals surface area contributed by atoms with Crippen LogP contribution in [0.25, 0.3) is 0 Å². The third-order valence-corrected chi connectivity index (χ3v) is 3.92. The number of hydrogen-bond acceptors (Lipinski definition) is 4. The fourth-order valence-electron chi connectivity index (χ4n) is 2.01. The Hall–Kier alpha value is -1.46. The largest absolute Gasteiger partial charge is 0.494 e.